The minimum atomic E-state index is -0.288. The summed E-state index contributed by atoms with van der Waals surface area (Å²) >= 11 is 0. The maximum atomic E-state index is 12.8. The number of anilines is 1. The van der Waals surface area contributed by atoms with Crippen LogP contribution in [0.4, 0.5) is 10.6 Å². The van der Waals surface area contributed by atoms with E-state index in [1.165, 1.54) is 0 Å². The van der Waals surface area contributed by atoms with Crippen LogP contribution in [0.15, 0.2) is 18.3 Å². The summed E-state index contributed by atoms with van der Waals surface area (Å²) in [7, 11) is 0. The highest BCUT2D eigenvalue weighted by Gasteiger charge is 2.25. The summed E-state index contributed by atoms with van der Waals surface area (Å²) in [6, 6.07) is 3.53. The number of pyridine rings is 1. The molecule has 152 valence electrons. The molecule has 0 aliphatic carbocycles. The first-order valence-electron chi connectivity index (χ1n) is 9.67. The second-order valence-corrected chi connectivity index (χ2v) is 6.87. The minimum absolute atomic E-state index is 0.0419. The third kappa shape index (κ3) is 4.52. The van der Waals surface area contributed by atoms with Gasteiger partial charge in [-0.3, -0.25) is 9.59 Å². The van der Waals surface area contributed by atoms with Crippen molar-refractivity contribution in [3.05, 3.63) is 23.9 Å². The maximum absolute atomic E-state index is 12.8. The van der Waals surface area contributed by atoms with Crippen LogP contribution in [0, 0.1) is 0 Å². The second kappa shape index (κ2) is 8.90. The van der Waals surface area contributed by atoms with Gasteiger partial charge in [0.25, 0.3) is 5.91 Å². The molecule has 0 saturated carbocycles. The molecule has 3 amide bonds. The molecule has 1 aromatic rings. The van der Waals surface area contributed by atoms with Crippen molar-refractivity contribution >= 4 is 23.7 Å². The Morgan fingerprint density at radius 2 is 1.57 bits per heavy atom. The minimum Gasteiger partial charge on any atom is -0.450 e. The van der Waals surface area contributed by atoms with Crippen molar-refractivity contribution in [3.63, 3.8) is 0 Å². The molecule has 2 aliphatic rings. The van der Waals surface area contributed by atoms with Gasteiger partial charge in [0, 0.05) is 71.0 Å². The Bertz CT molecular complexity index is 725. The molecule has 0 unspecified atom stereocenters. The molecule has 0 spiro atoms. The third-order valence-corrected chi connectivity index (χ3v) is 5.13. The number of hydrogen-bond donors (Lipinski definition) is 0. The van der Waals surface area contributed by atoms with Crippen molar-refractivity contribution in [2.24, 2.45) is 0 Å². The maximum Gasteiger partial charge on any atom is 0.409 e. The molecule has 9 heteroatoms. The monoisotopic (exact) mass is 389 g/mol. The van der Waals surface area contributed by atoms with E-state index in [4.69, 9.17) is 4.74 Å². The first-order valence-corrected chi connectivity index (χ1v) is 9.67. The number of piperazine rings is 2. The highest BCUT2D eigenvalue weighted by atomic mass is 16.6. The smallest absolute Gasteiger partial charge is 0.409 e. The fourth-order valence-corrected chi connectivity index (χ4v) is 3.46. The lowest BCUT2D eigenvalue weighted by atomic mass is 10.2. The average molecular weight is 389 g/mol. The summed E-state index contributed by atoms with van der Waals surface area (Å²) in [5, 5.41) is 0. The second-order valence-electron chi connectivity index (χ2n) is 6.87. The first-order chi connectivity index (χ1) is 13.5. The summed E-state index contributed by atoms with van der Waals surface area (Å²) in [4.78, 5) is 47.8. The van der Waals surface area contributed by atoms with Crippen LogP contribution in [-0.2, 0) is 9.53 Å². The van der Waals surface area contributed by atoms with Crippen LogP contribution in [-0.4, -0.2) is 96.6 Å². The molecule has 3 rings (SSSR count). The summed E-state index contributed by atoms with van der Waals surface area (Å²) in [6.45, 7) is 8.31. The van der Waals surface area contributed by atoms with E-state index in [1.54, 1.807) is 46.9 Å². The van der Waals surface area contributed by atoms with Crippen LogP contribution in [0.3, 0.4) is 0 Å². The van der Waals surface area contributed by atoms with Crippen molar-refractivity contribution in [2.75, 3.05) is 63.9 Å². The number of carbonyl (C=O) groups excluding carboxylic acids is 3. The van der Waals surface area contributed by atoms with Crippen molar-refractivity contribution in [3.8, 4) is 0 Å². The van der Waals surface area contributed by atoms with Crippen LogP contribution in [0.2, 0.25) is 0 Å². The average Bonchev–Trinajstić information content (AvgIpc) is 2.73. The van der Waals surface area contributed by atoms with Crippen molar-refractivity contribution < 1.29 is 19.1 Å². The van der Waals surface area contributed by atoms with Crippen LogP contribution in [0.5, 0.6) is 0 Å². The van der Waals surface area contributed by atoms with Gasteiger partial charge in [-0.05, 0) is 19.1 Å². The number of ether oxygens (including phenoxy) is 1. The van der Waals surface area contributed by atoms with Gasteiger partial charge in [-0.2, -0.15) is 0 Å². The van der Waals surface area contributed by atoms with Crippen LogP contribution in [0.25, 0.3) is 0 Å². The van der Waals surface area contributed by atoms with E-state index in [2.05, 4.69) is 9.88 Å². The molecule has 2 fully saturated rings. The lowest BCUT2D eigenvalue weighted by molar-refractivity contribution is -0.130. The van der Waals surface area contributed by atoms with E-state index in [1.807, 2.05) is 0 Å². The van der Waals surface area contributed by atoms with Crippen LogP contribution < -0.4 is 4.90 Å². The fourth-order valence-electron chi connectivity index (χ4n) is 3.46. The zero-order valence-electron chi connectivity index (χ0n) is 16.5. The fraction of sp³-hybridized carbons (Fsp3) is 0.579. The summed E-state index contributed by atoms with van der Waals surface area (Å²) < 4.78 is 5.04. The van der Waals surface area contributed by atoms with E-state index >= 15 is 0 Å². The molecule has 3 heterocycles. The molecular formula is C19H27N5O4. The standard InChI is InChI=1S/C19H27N5O4/c1-3-28-19(27)24-12-8-22(9-13-24)17-14-16(4-5-20-17)18(26)23-10-6-21(7-11-23)15(2)25/h4-5,14H,3,6-13H2,1-2H3. The quantitative estimate of drug-likeness (QED) is 0.755. The molecule has 1 aromatic heterocycles. The van der Waals surface area contributed by atoms with Gasteiger partial charge < -0.3 is 24.3 Å². The van der Waals surface area contributed by atoms with E-state index < -0.39 is 0 Å². The highest BCUT2D eigenvalue weighted by molar-refractivity contribution is 5.95. The van der Waals surface area contributed by atoms with Gasteiger partial charge in [0.15, 0.2) is 0 Å². The molecule has 0 radical (unpaired) electrons. The zero-order chi connectivity index (χ0) is 20.1. The number of hydrogen-bond acceptors (Lipinski definition) is 6. The van der Waals surface area contributed by atoms with Gasteiger partial charge >= 0.3 is 6.09 Å². The van der Waals surface area contributed by atoms with Crippen LogP contribution >= 0.6 is 0 Å². The molecule has 0 N–H and O–H groups in total. The third-order valence-electron chi connectivity index (χ3n) is 5.13. The Hall–Kier alpha value is -2.84. The molecule has 28 heavy (non-hydrogen) atoms. The number of nitrogens with zero attached hydrogens (tertiary/aromatic N) is 5. The lowest BCUT2D eigenvalue weighted by Crippen LogP contribution is -2.50. The van der Waals surface area contributed by atoms with Gasteiger partial charge in [0.05, 0.1) is 6.61 Å². The predicted octanol–water partition coefficient (Wildman–Crippen LogP) is 0.664. The normalized spacial score (nSPS) is 17.5. The molecule has 0 aromatic carbocycles. The molecule has 0 bridgehead atoms. The number of rotatable bonds is 3. The van der Waals surface area contributed by atoms with Crippen molar-refractivity contribution in [2.45, 2.75) is 13.8 Å². The van der Waals surface area contributed by atoms with Crippen molar-refractivity contribution in [1.82, 2.24) is 19.7 Å². The van der Waals surface area contributed by atoms with E-state index in [0.29, 0.717) is 64.5 Å². The van der Waals surface area contributed by atoms with Gasteiger partial charge in [-0.15, -0.1) is 0 Å². The van der Waals surface area contributed by atoms with Crippen molar-refractivity contribution in [1.29, 1.82) is 0 Å². The summed E-state index contributed by atoms with van der Waals surface area (Å²) in [5.74, 6) is 0.731. The van der Waals surface area contributed by atoms with E-state index in [-0.39, 0.29) is 17.9 Å². The number of aromatic nitrogens is 1. The zero-order valence-corrected chi connectivity index (χ0v) is 16.5. The summed E-state index contributed by atoms with van der Waals surface area (Å²) in [5.41, 5.74) is 0.592. The topological polar surface area (TPSA) is 86.3 Å². The van der Waals surface area contributed by atoms with E-state index in [9.17, 15) is 14.4 Å². The SMILES string of the molecule is CCOC(=O)N1CCN(c2cc(C(=O)N3CCN(C(C)=O)CC3)ccn2)CC1. The van der Waals surface area contributed by atoms with Gasteiger partial charge in [0.1, 0.15) is 5.82 Å². The van der Waals surface area contributed by atoms with E-state index in [0.717, 1.165) is 5.82 Å². The number of amides is 3. The highest BCUT2D eigenvalue weighted by Crippen LogP contribution is 2.17. The lowest BCUT2D eigenvalue weighted by Gasteiger charge is -2.35. The molecule has 2 aliphatic heterocycles. The Morgan fingerprint density at radius 3 is 2.18 bits per heavy atom. The first kappa shape index (κ1) is 19.9. The molecular weight excluding hydrogens is 362 g/mol. The Morgan fingerprint density at radius 1 is 0.964 bits per heavy atom. The Balaban J connectivity index is 1.59. The van der Waals surface area contributed by atoms with Gasteiger partial charge in [0.2, 0.25) is 5.91 Å². The molecule has 0 atom stereocenters. The van der Waals surface area contributed by atoms with Gasteiger partial charge in [-0.1, -0.05) is 0 Å². The Labute approximate surface area is 164 Å². The largest absolute Gasteiger partial charge is 0.450 e. The van der Waals surface area contributed by atoms with Crippen LogP contribution in [0.1, 0.15) is 24.2 Å². The van der Waals surface area contributed by atoms with Gasteiger partial charge in [-0.25, -0.2) is 9.78 Å². The summed E-state index contributed by atoms with van der Waals surface area (Å²) in [6.07, 6.45) is 1.36. The molecule has 9 nitrogen and oxygen atoms in total. The number of carbonyl (C=O) groups is 3. The predicted molar refractivity (Wildman–Crippen MR) is 103 cm³/mol. The molecule has 2 saturated heterocycles. The Kier molecular flexibility index (Phi) is 6.33.